The van der Waals surface area contributed by atoms with Crippen molar-refractivity contribution in [1.82, 2.24) is 0 Å². The average Bonchev–Trinajstić information content (AvgIpc) is 2.28. The predicted octanol–water partition coefficient (Wildman–Crippen LogP) is 1.15. The first-order valence-corrected chi connectivity index (χ1v) is 4.88. The summed E-state index contributed by atoms with van der Waals surface area (Å²) in [7, 11) is 1.43. The molecule has 0 aromatic heterocycles. The number of anilines is 1. The Morgan fingerprint density at radius 2 is 2.35 bits per heavy atom. The number of halogens is 1. The highest BCUT2D eigenvalue weighted by molar-refractivity contribution is 5.61. The SMILES string of the molecule is COCC(CO)Nc1cc(F)ccc1[N+](=O)[O-]. The van der Waals surface area contributed by atoms with Gasteiger partial charge in [-0.1, -0.05) is 0 Å². The van der Waals surface area contributed by atoms with Crippen molar-refractivity contribution in [3.8, 4) is 0 Å². The number of methoxy groups -OCH3 is 1. The van der Waals surface area contributed by atoms with E-state index in [2.05, 4.69) is 5.32 Å². The number of aliphatic hydroxyl groups is 1. The third kappa shape index (κ3) is 3.65. The van der Waals surface area contributed by atoms with E-state index >= 15 is 0 Å². The second-order valence-corrected chi connectivity index (χ2v) is 3.40. The van der Waals surface area contributed by atoms with Gasteiger partial charge in [0.1, 0.15) is 11.5 Å². The summed E-state index contributed by atoms with van der Waals surface area (Å²) < 4.78 is 17.8. The maximum absolute atomic E-state index is 13.0. The van der Waals surface area contributed by atoms with Crippen LogP contribution in [0.4, 0.5) is 15.8 Å². The van der Waals surface area contributed by atoms with Crippen molar-refractivity contribution in [3.63, 3.8) is 0 Å². The lowest BCUT2D eigenvalue weighted by atomic mass is 10.2. The Hall–Kier alpha value is -1.73. The number of ether oxygens (including phenoxy) is 1. The highest BCUT2D eigenvalue weighted by Crippen LogP contribution is 2.25. The fourth-order valence-electron chi connectivity index (χ4n) is 1.34. The molecule has 0 bridgehead atoms. The molecule has 0 fully saturated rings. The van der Waals surface area contributed by atoms with Crippen molar-refractivity contribution in [3.05, 3.63) is 34.1 Å². The van der Waals surface area contributed by atoms with E-state index in [-0.39, 0.29) is 24.6 Å². The summed E-state index contributed by atoms with van der Waals surface area (Å²) in [4.78, 5) is 10.1. The van der Waals surface area contributed by atoms with Gasteiger partial charge in [-0.2, -0.15) is 0 Å². The standard InChI is InChI=1S/C10H13FN2O4/c1-17-6-8(5-14)12-9-4-7(11)2-3-10(9)13(15)16/h2-4,8,12,14H,5-6H2,1H3. The predicted molar refractivity (Wildman–Crippen MR) is 59.4 cm³/mol. The summed E-state index contributed by atoms with van der Waals surface area (Å²) in [6, 6.07) is 2.56. The average molecular weight is 244 g/mol. The molecule has 1 aromatic carbocycles. The summed E-state index contributed by atoms with van der Waals surface area (Å²) in [5, 5.41) is 22.4. The summed E-state index contributed by atoms with van der Waals surface area (Å²) >= 11 is 0. The van der Waals surface area contributed by atoms with E-state index in [0.29, 0.717) is 0 Å². The Kier molecular flexibility index (Phi) is 4.80. The van der Waals surface area contributed by atoms with Crippen LogP contribution in [0.1, 0.15) is 0 Å². The maximum atomic E-state index is 13.0. The number of nitro benzene ring substituents is 1. The zero-order chi connectivity index (χ0) is 12.8. The Morgan fingerprint density at radius 3 is 2.88 bits per heavy atom. The minimum Gasteiger partial charge on any atom is -0.394 e. The number of aliphatic hydroxyl groups excluding tert-OH is 1. The molecule has 0 spiro atoms. The molecule has 1 atom stereocenters. The van der Waals surface area contributed by atoms with Crippen LogP contribution in [0.2, 0.25) is 0 Å². The molecule has 0 heterocycles. The highest BCUT2D eigenvalue weighted by atomic mass is 19.1. The normalized spacial score (nSPS) is 12.2. The molecule has 0 saturated carbocycles. The molecule has 1 unspecified atom stereocenters. The van der Waals surface area contributed by atoms with E-state index in [9.17, 15) is 14.5 Å². The molecule has 1 aromatic rings. The van der Waals surface area contributed by atoms with Crippen molar-refractivity contribution >= 4 is 11.4 Å². The summed E-state index contributed by atoms with van der Waals surface area (Å²) in [5.74, 6) is -0.591. The van der Waals surface area contributed by atoms with Crippen LogP contribution in [-0.4, -0.2) is 36.4 Å². The molecule has 0 aliphatic carbocycles. The lowest BCUT2D eigenvalue weighted by molar-refractivity contribution is -0.384. The van der Waals surface area contributed by atoms with Crippen LogP contribution in [0.25, 0.3) is 0 Å². The molecule has 0 radical (unpaired) electrons. The number of hydrogen-bond donors (Lipinski definition) is 2. The van der Waals surface area contributed by atoms with E-state index in [1.165, 1.54) is 7.11 Å². The van der Waals surface area contributed by atoms with E-state index in [1.807, 2.05) is 0 Å². The molecule has 0 saturated heterocycles. The van der Waals surface area contributed by atoms with Crippen LogP contribution in [0.3, 0.4) is 0 Å². The van der Waals surface area contributed by atoms with Crippen molar-refractivity contribution < 1.29 is 19.2 Å². The molecule has 94 valence electrons. The summed E-state index contributed by atoms with van der Waals surface area (Å²) in [6.45, 7) is -0.119. The molecular weight excluding hydrogens is 231 g/mol. The largest absolute Gasteiger partial charge is 0.394 e. The molecule has 2 N–H and O–H groups in total. The Bertz CT molecular complexity index is 400. The fourth-order valence-corrected chi connectivity index (χ4v) is 1.34. The third-order valence-electron chi connectivity index (χ3n) is 2.10. The number of nitrogens with zero attached hydrogens (tertiary/aromatic N) is 1. The highest BCUT2D eigenvalue weighted by Gasteiger charge is 2.17. The van der Waals surface area contributed by atoms with Crippen LogP contribution in [0.15, 0.2) is 18.2 Å². The maximum Gasteiger partial charge on any atom is 0.292 e. The molecule has 0 aliphatic rings. The Morgan fingerprint density at radius 1 is 1.65 bits per heavy atom. The molecular formula is C10H13FN2O4. The smallest absolute Gasteiger partial charge is 0.292 e. The molecule has 6 nitrogen and oxygen atoms in total. The third-order valence-corrected chi connectivity index (χ3v) is 2.10. The van der Waals surface area contributed by atoms with E-state index in [0.717, 1.165) is 18.2 Å². The first-order chi connectivity index (χ1) is 8.08. The van der Waals surface area contributed by atoms with Gasteiger partial charge in [-0.3, -0.25) is 10.1 Å². The minimum atomic E-state index is -0.622. The zero-order valence-electron chi connectivity index (χ0n) is 9.22. The number of hydrogen-bond acceptors (Lipinski definition) is 5. The van der Waals surface area contributed by atoms with Crippen molar-refractivity contribution in [2.75, 3.05) is 25.6 Å². The Balaban J connectivity index is 2.94. The van der Waals surface area contributed by atoms with Crippen LogP contribution in [0.5, 0.6) is 0 Å². The van der Waals surface area contributed by atoms with Gasteiger partial charge in [0, 0.05) is 19.2 Å². The molecule has 0 aliphatic heterocycles. The van der Waals surface area contributed by atoms with Gasteiger partial charge in [0.15, 0.2) is 0 Å². The van der Waals surface area contributed by atoms with Crippen LogP contribution < -0.4 is 5.32 Å². The zero-order valence-corrected chi connectivity index (χ0v) is 9.22. The lowest BCUT2D eigenvalue weighted by Gasteiger charge is -2.16. The quantitative estimate of drug-likeness (QED) is 0.579. The van der Waals surface area contributed by atoms with E-state index < -0.39 is 16.8 Å². The number of nitrogens with one attached hydrogen (secondary N) is 1. The van der Waals surface area contributed by atoms with E-state index in [1.54, 1.807) is 0 Å². The monoisotopic (exact) mass is 244 g/mol. The number of rotatable bonds is 6. The van der Waals surface area contributed by atoms with Crippen LogP contribution >= 0.6 is 0 Å². The number of nitro groups is 1. The fraction of sp³-hybridized carbons (Fsp3) is 0.400. The number of benzene rings is 1. The van der Waals surface area contributed by atoms with Crippen LogP contribution in [0, 0.1) is 15.9 Å². The second kappa shape index (κ2) is 6.12. The van der Waals surface area contributed by atoms with Gasteiger partial charge >= 0.3 is 0 Å². The van der Waals surface area contributed by atoms with Crippen LogP contribution in [-0.2, 0) is 4.74 Å². The summed E-state index contributed by atoms with van der Waals surface area (Å²) in [5.41, 5.74) is -0.230. The Labute approximate surface area is 97.2 Å². The van der Waals surface area contributed by atoms with Crippen molar-refractivity contribution in [1.29, 1.82) is 0 Å². The van der Waals surface area contributed by atoms with Gasteiger partial charge in [-0.15, -0.1) is 0 Å². The first-order valence-electron chi connectivity index (χ1n) is 4.88. The molecule has 0 amide bonds. The minimum absolute atomic E-state index is 0.0195. The van der Waals surface area contributed by atoms with Gasteiger partial charge in [-0.25, -0.2) is 4.39 Å². The first kappa shape index (κ1) is 13.3. The van der Waals surface area contributed by atoms with Gasteiger partial charge in [0.2, 0.25) is 0 Å². The topological polar surface area (TPSA) is 84.6 Å². The van der Waals surface area contributed by atoms with Gasteiger partial charge in [0.25, 0.3) is 5.69 Å². The lowest BCUT2D eigenvalue weighted by Crippen LogP contribution is -2.29. The van der Waals surface area contributed by atoms with Gasteiger partial charge in [-0.05, 0) is 6.07 Å². The summed E-state index contributed by atoms with van der Waals surface area (Å²) in [6.07, 6.45) is 0. The molecule has 7 heteroatoms. The van der Waals surface area contributed by atoms with Gasteiger partial charge < -0.3 is 15.2 Å². The molecule has 17 heavy (non-hydrogen) atoms. The molecule has 1 rings (SSSR count). The second-order valence-electron chi connectivity index (χ2n) is 3.40. The van der Waals surface area contributed by atoms with E-state index in [4.69, 9.17) is 9.84 Å². The van der Waals surface area contributed by atoms with Crippen molar-refractivity contribution in [2.45, 2.75) is 6.04 Å². The van der Waals surface area contributed by atoms with Crippen molar-refractivity contribution in [2.24, 2.45) is 0 Å². The van der Waals surface area contributed by atoms with Gasteiger partial charge in [0.05, 0.1) is 24.2 Å².